The van der Waals surface area contributed by atoms with E-state index in [-0.39, 0.29) is 22.9 Å². The molecule has 3 aromatic rings. The number of aryl methyl sites for hydroxylation is 1. The molecule has 0 atom stereocenters. The summed E-state index contributed by atoms with van der Waals surface area (Å²) in [5, 5.41) is 9.26. The van der Waals surface area contributed by atoms with Crippen LogP contribution in [0.15, 0.2) is 53.2 Å². The van der Waals surface area contributed by atoms with Crippen LogP contribution in [0.3, 0.4) is 0 Å². The van der Waals surface area contributed by atoms with Crippen molar-refractivity contribution in [2.75, 3.05) is 12.4 Å². The molecule has 0 aliphatic carbocycles. The lowest BCUT2D eigenvalue weighted by molar-refractivity contribution is -0.116. The van der Waals surface area contributed by atoms with Crippen LogP contribution in [-0.4, -0.2) is 29.0 Å². The molecule has 0 aliphatic heterocycles. The van der Waals surface area contributed by atoms with Gasteiger partial charge in [-0.1, -0.05) is 38.1 Å². The van der Waals surface area contributed by atoms with Crippen LogP contribution in [-0.2, 0) is 16.6 Å². The van der Waals surface area contributed by atoms with Crippen molar-refractivity contribution in [3.63, 3.8) is 0 Å². The van der Waals surface area contributed by atoms with E-state index >= 15 is 0 Å². The average molecular weight is 422 g/mol. The first-order valence-electron chi connectivity index (χ1n) is 9.96. The van der Waals surface area contributed by atoms with Crippen molar-refractivity contribution >= 4 is 17.7 Å². The highest BCUT2D eigenvalue weighted by atomic mass is 16.5. The fourth-order valence-electron chi connectivity index (χ4n) is 2.73. The minimum absolute atomic E-state index is 0.142. The third-order valence-electron chi connectivity index (χ3n) is 4.53. The molecule has 0 bridgehead atoms. The Hall–Kier alpha value is -3.68. The summed E-state index contributed by atoms with van der Waals surface area (Å²) >= 11 is 0. The average Bonchev–Trinajstić information content (AvgIpc) is 3.22. The van der Waals surface area contributed by atoms with Gasteiger partial charge >= 0.3 is 0 Å². The van der Waals surface area contributed by atoms with Gasteiger partial charge in [0, 0.05) is 37.2 Å². The molecule has 2 aromatic heterocycles. The number of anilines is 1. The molecule has 8 heteroatoms. The van der Waals surface area contributed by atoms with E-state index in [0.717, 1.165) is 11.3 Å². The Morgan fingerprint density at radius 2 is 1.81 bits per heavy atom. The number of pyridine rings is 1. The number of nitrogens with zero attached hydrogens (tertiary/aromatic N) is 2. The van der Waals surface area contributed by atoms with Crippen LogP contribution in [0, 0.1) is 0 Å². The van der Waals surface area contributed by atoms with Crippen molar-refractivity contribution in [3.8, 4) is 11.5 Å². The molecule has 31 heavy (non-hydrogen) atoms. The first-order valence-corrected chi connectivity index (χ1v) is 9.96. The van der Waals surface area contributed by atoms with E-state index in [2.05, 4.69) is 20.8 Å². The van der Waals surface area contributed by atoms with Gasteiger partial charge in [-0.3, -0.25) is 19.9 Å². The van der Waals surface area contributed by atoms with Crippen LogP contribution < -0.4 is 15.4 Å². The first-order chi connectivity index (χ1) is 14.7. The zero-order valence-electron chi connectivity index (χ0n) is 18.1. The van der Waals surface area contributed by atoms with Crippen molar-refractivity contribution < 1.29 is 18.8 Å². The molecule has 0 saturated carbocycles. The topological polar surface area (TPSA) is 106 Å². The number of amides is 2. The highest BCUT2D eigenvalue weighted by molar-refractivity contribution is 5.92. The quantitative estimate of drug-likeness (QED) is 0.594. The van der Waals surface area contributed by atoms with Gasteiger partial charge < -0.3 is 14.6 Å². The molecule has 0 fully saturated rings. The maximum Gasteiger partial charge on any atom is 0.269 e. The number of nitrogens with one attached hydrogen (secondary N) is 2. The molecular formula is C23H26N4O4. The number of carbonyl (C=O) groups is 2. The summed E-state index contributed by atoms with van der Waals surface area (Å²) in [7, 11) is 1.55. The Bertz CT molecular complexity index is 1050. The molecule has 8 nitrogen and oxygen atoms in total. The molecule has 0 aliphatic rings. The van der Waals surface area contributed by atoms with Gasteiger partial charge in [0.05, 0.1) is 5.69 Å². The Balaban J connectivity index is 1.52. The van der Waals surface area contributed by atoms with Crippen molar-refractivity contribution in [3.05, 3.63) is 65.6 Å². The lowest BCUT2D eigenvalue weighted by Crippen LogP contribution is -2.18. The lowest BCUT2D eigenvalue weighted by atomic mass is 9.92. The monoisotopic (exact) mass is 422 g/mol. The number of hydrogen-bond donors (Lipinski definition) is 2. The minimum Gasteiger partial charge on any atom is -0.457 e. The first kappa shape index (κ1) is 22.0. The Morgan fingerprint density at radius 1 is 1.06 bits per heavy atom. The second-order valence-electron chi connectivity index (χ2n) is 8.08. The number of hydrogen-bond acceptors (Lipinski definition) is 6. The third-order valence-corrected chi connectivity index (χ3v) is 4.53. The maximum atomic E-state index is 12.2. The largest absolute Gasteiger partial charge is 0.457 e. The summed E-state index contributed by atoms with van der Waals surface area (Å²) in [6.45, 7) is 6.08. The second kappa shape index (κ2) is 9.42. The van der Waals surface area contributed by atoms with E-state index in [1.165, 1.54) is 6.20 Å². The predicted molar refractivity (Wildman–Crippen MR) is 116 cm³/mol. The molecule has 0 unspecified atom stereocenters. The van der Waals surface area contributed by atoms with E-state index in [4.69, 9.17) is 9.26 Å². The summed E-state index contributed by atoms with van der Waals surface area (Å²) in [5.74, 6) is 1.07. The van der Waals surface area contributed by atoms with E-state index in [1.807, 2.05) is 45.0 Å². The van der Waals surface area contributed by atoms with Gasteiger partial charge in [0.15, 0.2) is 0 Å². The van der Waals surface area contributed by atoms with Crippen LogP contribution >= 0.6 is 0 Å². The Kier molecular flexibility index (Phi) is 6.69. The fourth-order valence-corrected chi connectivity index (χ4v) is 2.73. The Morgan fingerprint density at radius 3 is 2.45 bits per heavy atom. The summed E-state index contributed by atoms with van der Waals surface area (Å²) < 4.78 is 11.0. The normalized spacial score (nSPS) is 11.1. The van der Waals surface area contributed by atoms with Crippen molar-refractivity contribution in [1.29, 1.82) is 0 Å². The van der Waals surface area contributed by atoms with E-state index < -0.39 is 0 Å². The molecule has 0 saturated heterocycles. The molecule has 162 valence electrons. The van der Waals surface area contributed by atoms with Crippen LogP contribution in [0.2, 0.25) is 0 Å². The molecule has 0 spiro atoms. The summed E-state index contributed by atoms with van der Waals surface area (Å²) in [6, 6.07) is 12.4. The predicted octanol–water partition coefficient (Wildman–Crippen LogP) is 4.09. The summed E-state index contributed by atoms with van der Waals surface area (Å²) in [5.41, 5.74) is 1.92. The van der Waals surface area contributed by atoms with Gasteiger partial charge in [-0.05, 0) is 30.2 Å². The SMILES string of the molecule is CNC(=O)c1cc(Oc2ccc(CCC(=O)Nc3cc(C(C)(C)C)no3)cc2)ccn1. The van der Waals surface area contributed by atoms with Crippen LogP contribution in [0.4, 0.5) is 5.88 Å². The minimum atomic E-state index is -0.279. The number of benzene rings is 1. The number of ether oxygens (including phenoxy) is 1. The maximum absolute atomic E-state index is 12.2. The van der Waals surface area contributed by atoms with Crippen molar-refractivity contribution in [2.24, 2.45) is 0 Å². The standard InChI is InChI=1S/C23H26N4O4/c1-23(2,3)19-14-21(31-27-19)26-20(28)10-7-15-5-8-16(9-6-15)30-17-11-12-25-18(13-17)22(29)24-4/h5-6,8-9,11-14H,7,10H2,1-4H3,(H,24,29)(H,26,28). The smallest absolute Gasteiger partial charge is 0.269 e. The molecule has 1 aromatic carbocycles. The molecule has 2 heterocycles. The Labute approximate surface area is 181 Å². The highest BCUT2D eigenvalue weighted by Crippen LogP contribution is 2.24. The van der Waals surface area contributed by atoms with Gasteiger partial charge in [0.2, 0.25) is 11.8 Å². The fraction of sp³-hybridized carbons (Fsp3) is 0.304. The molecule has 2 amide bonds. The van der Waals surface area contributed by atoms with Gasteiger partial charge in [0.1, 0.15) is 17.2 Å². The lowest BCUT2D eigenvalue weighted by Gasteiger charge is -2.12. The van der Waals surface area contributed by atoms with Crippen molar-refractivity contribution in [2.45, 2.75) is 39.0 Å². The van der Waals surface area contributed by atoms with Gasteiger partial charge in [-0.2, -0.15) is 0 Å². The van der Waals surface area contributed by atoms with Gasteiger partial charge in [-0.15, -0.1) is 0 Å². The van der Waals surface area contributed by atoms with E-state index in [0.29, 0.717) is 30.2 Å². The zero-order valence-corrected chi connectivity index (χ0v) is 18.1. The molecule has 3 rings (SSSR count). The van der Waals surface area contributed by atoms with E-state index in [9.17, 15) is 9.59 Å². The van der Waals surface area contributed by atoms with Crippen LogP contribution in [0.25, 0.3) is 0 Å². The summed E-state index contributed by atoms with van der Waals surface area (Å²) in [6.07, 6.45) is 2.40. The van der Waals surface area contributed by atoms with Gasteiger partial charge in [0.25, 0.3) is 5.91 Å². The molecule has 2 N–H and O–H groups in total. The van der Waals surface area contributed by atoms with Gasteiger partial charge in [-0.25, -0.2) is 0 Å². The molecule has 0 radical (unpaired) electrons. The number of carbonyl (C=O) groups excluding carboxylic acids is 2. The second-order valence-corrected chi connectivity index (χ2v) is 8.08. The third kappa shape index (κ3) is 6.15. The van der Waals surface area contributed by atoms with E-state index in [1.54, 1.807) is 25.2 Å². The number of aromatic nitrogens is 2. The van der Waals surface area contributed by atoms with Crippen LogP contribution in [0.5, 0.6) is 11.5 Å². The van der Waals surface area contributed by atoms with Crippen molar-refractivity contribution in [1.82, 2.24) is 15.5 Å². The summed E-state index contributed by atoms with van der Waals surface area (Å²) in [4.78, 5) is 27.9. The zero-order chi connectivity index (χ0) is 22.4. The molecular weight excluding hydrogens is 396 g/mol. The van der Waals surface area contributed by atoms with Crippen LogP contribution in [0.1, 0.15) is 48.9 Å². The highest BCUT2D eigenvalue weighted by Gasteiger charge is 2.19. The number of rotatable bonds is 7.